The van der Waals surface area contributed by atoms with E-state index in [2.05, 4.69) is 5.32 Å². The molecular weight excluding hydrogens is 474 g/mol. The molecule has 4 unspecified atom stereocenters. The third-order valence-electron chi connectivity index (χ3n) is 8.23. The van der Waals surface area contributed by atoms with Crippen molar-refractivity contribution >= 4 is 11.7 Å². The minimum absolute atomic E-state index is 0.0523. The number of Topliss-reactive ketones (excluding diaryl/α,β-unsaturated/α-hetero) is 1. The highest BCUT2D eigenvalue weighted by molar-refractivity contribution is 6.03. The van der Waals surface area contributed by atoms with Crippen LogP contribution in [0.4, 0.5) is 0 Å². The van der Waals surface area contributed by atoms with E-state index in [1.807, 2.05) is 27.7 Å². The maximum Gasteiger partial charge on any atom is 0.249 e. The fourth-order valence-electron chi connectivity index (χ4n) is 6.67. The molecule has 1 saturated carbocycles. The van der Waals surface area contributed by atoms with Crippen LogP contribution in [0.2, 0.25) is 0 Å². The number of amides is 1. The molecular formula is C28H39N3O6. The van der Waals surface area contributed by atoms with Crippen LogP contribution < -0.4 is 11.1 Å². The summed E-state index contributed by atoms with van der Waals surface area (Å²) in [7, 11) is 3.44. The van der Waals surface area contributed by atoms with E-state index >= 15 is 0 Å². The van der Waals surface area contributed by atoms with Crippen LogP contribution in [0.3, 0.4) is 0 Å². The number of carbonyl (C=O) groups excluding carboxylic acids is 2. The molecule has 0 aromatic rings. The third kappa shape index (κ3) is 4.43. The summed E-state index contributed by atoms with van der Waals surface area (Å²) in [4.78, 5) is 28.2. The number of nitrogens with zero attached hydrogens (tertiary/aromatic N) is 1. The van der Waals surface area contributed by atoms with Crippen molar-refractivity contribution < 1.29 is 30.0 Å². The van der Waals surface area contributed by atoms with E-state index in [0.717, 1.165) is 5.57 Å². The van der Waals surface area contributed by atoms with Crippen LogP contribution in [0, 0.1) is 35.0 Å². The van der Waals surface area contributed by atoms with Crippen molar-refractivity contribution in [1.82, 2.24) is 10.2 Å². The summed E-state index contributed by atoms with van der Waals surface area (Å²) >= 11 is 0. The van der Waals surface area contributed by atoms with Gasteiger partial charge in [0.05, 0.1) is 29.7 Å². The Kier molecular flexibility index (Phi) is 6.94. The number of nitrogens with one attached hydrogen (secondary N) is 1. The van der Waals surface area contributed by atoms with E-state index < -0.39 is 53.5 Å². The van der Waals surface area contributed by atoms with Crippen molar-refractivity contribution in [2.75, 3.05) is 20.6 Å². The second-order valence-corrected chi connectivity index (χ2v) is 12.2. The standard InChI is InChI=1S/C28H39N3O6/c1-12-14-9-7-8-13(32)10-15(14)23(33)19-16(12)24(34)18-17(25(19)35)21(30-11-28(2,3)4)20(27(29)37)26(36)22(18)31(5)6/h7-10,12,15-18,21-22,24,30,32,34-36H,11H2,1-6H3,(H2,29,37)/t12-,15?,16?,17?,18?,21-,22-,24-/m0/s1. The zero-order chi connectivity index (χ0) is 27.6. The lowest BCUT2D eigenvalue weighted by molar-refractivity contribution is -0.123. The molecule has 0 heterocycles. The molecule has 9 heteroatoms. The topological polar surface area (TPSA) is 156 Å². The first-order chi connectivity index (χ1) is 17.2. The fourth-order valence-corrected chi connectivity index (χ4v) is 6.67. The number of primary amides is 1. The molecule has 0 radical (unpaired) electrons. The average molecular weight is 514 g/mol. The maximum atomic E-state index is 13.9. The minimum atomic E-state index is -1.12. The minimum Gasteiger partial charge on any atom is -0.512 e. The predicted molar refractivity (Wildman–Crippen MR) is 139 cm³/mol. The average Bonchev–Trinajstić information content (AvgIpc) is 2.98. The van der Waals surface area contributed by atoms with E-state index in [4.69, 9.17) is 5.73 Å². The summed E-state index contributed by atoms with van der Waals surface area (Å²) in [6.45, 7) is 8.31. The van der Waals surface area contributed by atoms with Gasteiger partial charge in [-0.05, 0) is 37.6 Å². The van der Waals surface area contributed by atoms with Gasteiger partial charge >= 0.3 is 0 Å². The quantitative estimate of drug-likeness (QED) is 0.334. The van der Waals surface area contributed by atoms with Gasteiger partial charge in [-0.15, -0.1) is 0 Å². The SMILES string of the molecule is C[C@H]1C2=CC=CC(O)=CC2C(=O)C2=C(O)C3C([C@@H](O)C21)[C@H](N(C)C)C(O)=C(C(N)=O)[C@H]3NCC(C)(C)C. The van der Waals surface area contributed by atoms with Gasteiger partial charge in [0.25, 0.3) is 0 Å². The Morgan fingerprint density at radius 2 is 1.78 bits per heavy atom. The number of aliphatic hydroxyl groups excluding tert-OH is 4. The molecule has 0 aliphatic heterocycles. The molecule has 0 spiro atoms. The molecule has 1 amide bonds. The number of nitrogens with two attached hydrogens (primary N) is 1. The van der Waals surface area contributed by atoms with Gasteiger partial charge in [0.1, 0.15) is 17.3 Å². The van der Waals surface area contributed by atoms with E-state index in [0.29, 0.717) is 6.54 Å². The number of fused-ring (bicyclic) bond motifs is 3. The largest absolute Gasteiger partial charge is 0.512 e. The van der Waals surface area contributed by atoms with Gasteiger partial charge in [0, 0.05) is 29.9 Å². The molecule has 8 atom stereocenters. The number of carbonyl (C=O) groups is 2. The lowest BCUT2D eigenvalue weighted by Crippen LogP contribution is -2.63. The third-order valence-corrected chi connectivity index (χ3v) is 8.23. The fraction of sp³-hybridized carbons (Fsp3) is 0.571. The van der Waals surface area contributed by atoms with Gasteiger partial charge in [-0.2, -0.15) is 0 Å². The van der Waals surface area contributed by atoms with E-state index in [9.17, 15) is 30.0 Å². The monoisotopic (exact) mass is 513 g/mol. The predicted octanol–water partition coefficient (Wildman–Crippen LogP) is 2.04. The number of likely N-dealkylation sites (N-methyl/N-ethyl adjacent to an activating group) is 1. The Balaban J connectivity index is 1.95. The Morgan fingerprint density at radius 1 is 1.14 bits per heavy atom. The summed E-state index contributed by atoms with van der Waals surface area (Å²) in [5.41, 5.74) is 6.34. The normalized spacial score (nSPS) is 35.9. The smallest absolute Gasteiger partial charge is 0.249 e. The number of allylic oxidation sites excluding steroid dienone is 5. The Bertz CT molecular complexity index is 1150. The Labute approximate surface area is 217 Å². The lowest BCUT2D eigenvalue weighted by atomic mass is 9.54. The lowest BCUT2D eigenvalue weighted by Gasteiger charge is -2.54. The van der Waals surface area contributed by atoms with Gasteiger partial charge in [0.2, 0.25) is 5.91 Å². The van der Waals surface area contributed by atoms with Gasteiger partial charge < -0.3 is 31.5 Å². The highest BCUT2D eigenvalue weighted by atomic mass is 16.3. The van der Waals surface area contributed by atoms with E-state index in [1.165, 1.54) is 12.2 Å². The van der Waals surface area contributed by atoms with Crippen molar-refractivity contribution in [3.63, 3.8) is 0 Å². The van der Waals surface area contributed by atoms with Crippen LogP contribution in [0.5, 0.6) is 0 Å². The summed E-state index contributed by atoms with van der Waals surface area (Å²) in [5.74, 6) is -5.20. The van der Waals surface area contributed by atoms with Gasteiger partial charge in [-0.25, -0.2) is 0 Å². The van der Waals surface area contributed by atoms with Crippen molar-refractivity contribution in [1.29, 1.82) is 0 Å². The molecule has 0 aromatic carbocycles. The molecule has 202 valence electrons. The van der Waals surface area contributed by atoms with Crippen molar-refractivity contribution in [2.45, 2.75) is 45.9 Å². The Morgan fingerprint density at radius 3 is 2.35 bits per heavy atom. The van der Waals surface area contributed by atoms with Crippen molar-refractivity contribution in [3.8, 4) is 0 Å². The van der Waals surface area contributed by atoms with Crippen LogP contribution in [0.15, 0.2) is 58.3 Å². The zero-order valence-corrected chi connectivity index (χ0v) is 22.3. The second-order valence-electron chi connectivity index (χ2n) is 12.2. The Hall–Kier alpha value is -2.88. The first-order valence-corrected chi connectivity index (χ1v) is 12.7. The highest BCUT2D eigenvalue weighted by Crippen LogP contribution is 2.54. The van der Waals surface area contributed by atoms with Crippen LogP contribution in [0.25, 0.3) is 0 Å². The van der Waals surface area contributed by atoms with Crippen LogP contribution in [-0.4, -0.2) is 75.8 Å². The molecule has 9 nitrogen and oxygen atoms in total. The molecule has 37 heavy (non-hydrogen) atoms. The molecule has 1 fully saturated rings. The molecule has 0 aromatic heterocycles. The summed E-state index contributed by atoms with van der Waals surface area (Å²) in [6, 6.07) is -1.73. The number of hydrogen-bond acceptors (Lipinski definition) is 8. The number of ketones is 1. The van der Waals surface area contributed by atoms with Gasteiger partial charge in [-0.1, -0.05) is 45.4 Å². The summed E-state index contributed by atoms with van der Waals surface area (Å²) in [6.07, 6.45) is 5.28. The summed E-state index contributed by atoms with van der Waals surface area (Å²) in [5, 5.41) is 48.6. The molecule has 0 saturated heterocycles. The van der Waals surface area contributed by atoms with Crippen LogP contribution >= 0.6 is 0 Å². The first kappa shape index (κ1) is 27.2. The zero-order valence-electron chi connectivity index (χ0n) is 22.3. The second kappa shape index (κ2) is 9.45. The van der Waals surface area contributed by atoms with Gasteiger partial charge in [0.15, 0.2) is 5.78 Å². The highest BCUT2D eigenvalue weighted by Gasteiger charge is 2.60. The molecule has 4 aliphatic carbocycles. The van der Waals surface area contributed by atoms with Crippen LogP contribution in [0.1, 0.15) is 27.7 Å². The van der Waals surface area contributed by atoms with Gasteiger partial charge in [-0.3, -0.25) is 14.5 Å². The number of aliphatic hydroxyl groups is 4. The molecule has 0 bridgehead atoms. The number of rotatable bonds is 4. The van der Waals surface area contributed by atoms with E-state index in [-0.39, 0.29) is 39.8 Å². The van der Waals surface area contributed by atoms with Crippen molar-refractivity contribution in [3.05, 3.63) is 58.3 Å². The summed E-state index contributed by atoms with van der Waals surface area (Å²) < 4.78 is 0. The molecule has 4 aliphatic rings. The van der Waals surface area contributed by atoms with Crippen molar-refractivity contribution in [2.24, 2.45) is 40.7 Å². The number of hydrogen-bond donors (Lipinski definition) is 6. The first-order valence-electron chi connectivity index (χ1n) is 12.7. The maximum absolute atomic E-state index is 13.9. The van der Waals surface area contributed by atoms with E-state index in [1.54, 1.807) is 31.1 Å². The molecule has 7 N–H and O–H groups in total. The molecule has 4 rings (SSSR count). The van der Waals surface area contributed by atoms with Crippen LogP contribution in [-0.2, 0) is 9.59 Å².